The molecule has 0 saturated heterocycles. The van der Waals surface area contributed by atoms with E-state index in [1.807, 2.05) is 6.07 Å². The zero-order valence-corrected chi connectivity index (χ0v) is 17.8. The molecule has 5 nitrogen and oxygen atoms in total. The van der Waals surface area contributed by atoms with Crippen LogP contribution in [0.5, 0.6) is 0 Å². The number of aliphatic hydroxyl groups excluding tert-OH is 1. The molecule has 1 aromatic heterocycles. The van der Waals surface area contributed by atoms with Gasteiger partial charge in [-0.05, 0) is 64.0 Å². The van der Waals surface area contributed by atoms with E-state index >= 15 is 0 Å². The quantitative estimate of drug-likeness (QED) is 0.648. The second-order valence-corrected chi connectivity index (χ2v) is 7.33. The molecule has 0 aromatic carbocycles. The fourth-order valence-electron chi connectivity index (χ4n) is 3.36. The number of aliphatic hydroxyl groups is 1. The highest BCUT2D eigenvalue weighted by Crippen LogP contribution is 2.30. The summed E-state index contributed by atoms with van der Waals surface area (Å²) in [6.07, 6.45) is 5.00. The molecule has 1 aliphatic carbocycles. The van der Waals surface area contributed by atoms with Crippen LogP contribution in [0.3, 0.4) is 0 Å². The Labute approximate surface area is 175 Å². The lowest BCUT2D eigenvalue weighted by Gasteiger charge is -2.34. The van der Waals surface area contributed by atoms with E-state index in [0.717, 1.165) is 19.3 Å². The van der Waals surface area contributed by atoms with E-state index in [9.17, 15) is 5.11 Å². The molecule has 1 saturated carbocycles. The van der Waals surface area contributed by atoms with Crippen molar-refractivity contribution in [2.45, 2.75) is 63.6 Å². The van der Waals surface area contributed by atoms with Crippen molar-refractivity contribution in [1.82, 2.24) is 10.3 Å². The maximum Gasteiger partial charge on any atom is 0.140 e. The topological polar surface area (TPSA) is 95.0 Å². The van der Waals surface area contributed by atoms with Gasteiger partial charge in [0.2, 0.25) is 0 Å². The normalized spacial score (nSPS) is 20.6. The highest BCUT2D eigenvalue weighted by atomic mass is 35.5. The lowest BCUT2D eigenvalue weighted by Crippen LogP contribution is -2.44. The Bertz CT molecular complexity index is 558. The molecule has 0 aliphatic heterocycles. The smallest absolute Gasteiger partial charge is 0.140 e. The summed E-state index contributed by atoms with van der Waals surface area (Å²) >= 11 is 0. The number of β-amino-alcohol motifs (C(OH)–C–C–N with tert-alkyl or cyclic N) is 1. The Kier molecular flexibility index (Phi) is 13.5. The fourth-order valence-corrected chi connectivity index (χ4v) is 3.36. The van der Waals surface area contributed by atoms with Crippen molar-refractivity contribution < 1.29 is 5.11 Å². The second kappa shape index (κ2) is 12.7. The maximum absolute atomic E-state index is 10.3. The molecule has 1 fully saturated rings. The van der Waals surface area contributed by atoms with E-state index in [2.05, 4.69) is 24.1 Å². The van der Waals surface area contributed by atoms with Gasteiger partial charge in [0.1, 0.15) is 17.9 Å². The predicted octanol–water partition coefficient (Wildman–Crippen LogP) is 3.53. The largest absolute Gasteiger partial charge is 0.385 e. The van der Waals surface area contributed by atoms with Gasteiger partial charge in [0, 0.05) is 18.1 Å². The average molecular weight is 426 g/mol. The van der Waals surface area contributed by atoms with E-state index < -0.39 is 6.10 Å². The Morgan fingerprint density at radius 3 is 2.46 bits per heavy atom. The van der Waals surface area contributed by atoms with Gasteiger partial charge < -0.3 is 16.2 Å². The summed E-state index contributed by atoms with van der Waals surface area (Å²) in [4.78, 5) is 4.15. The van der Waals surface area contributed by atoms with Gasteiger partial charge in [-0.2, -0.15) is 5.26 Å². The molecule has 0 spiro atoms. The van der Waals surface area contributed by atoms with E-state index in [4.69, 9.17) is 11.0 Å². The molecular weight excluding hydrogens is 395 g/mol. The Morgan fingerprint density at radius 1 is 1.27 bits per heavy atom. The first-order chi connectivity index (χ1) is 10.9. The average Bonchev–Trinajstić information content (AvgIpc) is 2.55. The van der Waals surface area contributed by atoms with E-state index in [1.54, 1.807) is 18.2 Å². The van der Waals surface area contributed by atoms with Crippen LogP contribution in [0.15, 0.2) is 18.2 Å². The van der Waals surface area contributed by atoms with Crippen LogP contribution in [0.2, 0.25) is 0 Å². The summed E-state index contributed by atoms with van der Waals surface area (Å²) < 4.78 is 0. The van der Waals surface area contributed by atoms with Crippen LogP contribution in [0.1, 0.15) is 63.4 Å². The number of rotatable bonds is 6. The molecule has 150 valence electrons. The number of hydrogen-bond donors (Lipinski definition) is 3. The van der Waals surface area contributed by atoms with Gasteiger partial charge in [-0.25, -0.2) is 4.98 Å². The lowest BCUT2D eigenvalue weighted by atomic mass is 9.79. The van der Waals surface area contributed by atoms with Crippen LogP contribution in [-0.2, 0) is 0 Å². The van der Waals surface area contributed by atoms with Gasteiger partial charge in [-0.15, -0.1) is 37.2 Å². The van der Waals surface area contributed by atoms with Crippen molar-refractivity contribution in [3.63, 3.8) is 0 Å². The summed E-state index contributed by atoms with van der Waals surface area (Å²) in [5.74, 6) is 0.703. The summed E-state index contributed by atoms with van der Waals surface area (Å²) in [6.45, 7) is 4.78. The lowest BCUT2D eigenvalue weighted by molar-refractivity contribution is 0.146. The zero-order chi connectivity index (χ0) is 16.9. The van der Waals surface area contributed by atoms with Gasteiger partial charge in [0.25, 0.3) is 0 Å². The monoisotopic (exact) mass is 424 g/mol. The molecular formula is C18H31Cl3N4O. The third kappa shape index (κ3) is 8.85. The minimum absolute atomic E-state index is 0. The number of nitrogens with one attached hydrogen (secondary N) is 1. The molecule has 26 heavy (non-hydrogen) atoms. The summed E-state index contributed by atoms with van der Waals surface area (Å²) in [5.41, 5.74) is 6.80. The van der Waals surface area contributed by atoms with Crippen molar-refractivity contribution >= 4 is 37.2 Å². The molecule has 1 aliphatic rings. The second-order valence-electron chi connectivity index (χ2n) is 7.33. The van der Waals surface area contributed by atoms with Crippen LogP contribution in [0.25, 0.3) is 0 Å². The third-order valence-corrected chi connectivity index (χ3v) is 4.69. The number of aromatic nitrogens is 1. The predicted molar refractivity (Wildman–Crippen MR) is 112 cm³/mol. The number of nitrogens with zero attached hydrogens (tertiary/aromatic N) is 2. The van der Waals surface area contributed by atoms with Crippen molar-refractivity contribution in [1.29, 1.82) is 5.26 Å². The van der Waals surface area contributed by atoms with E-state index in [1.165, 1.54) is 12.8 Å². The molecule has 0 radical (unpaired) electrons. The highest BCUT2D eigenvalue weighted by molar-refractivity contribution is 5.86. The third-order valence-electron chi connectivity index (χ3n) is 4.69. The van der Waals surface area contributed by atoms with Crippen LogP contribution in [-0.4, -0.2) is 28.2 Å². The molecule has 0 bridgehead atoms. The number of halogens is 3. The molecule has 1 heterocycles. The van der Waals surface area contributed by atoms with Crippen molar-refractivity contribution in [2.24, 2.45) is 11.7 Å². The van der Waals surface area contributed by atoms with E-state index in [-0.39, 0.29) is 42.8 Å². The molecule has 0 amide bonds. The summed E-state index contributed by atoms with van der Waals surface area (Å²) in [6, 6.07) is 7.52. The molecule has 8 heteroatoms. The van der Waals surface area contributed by atoms with Crippen LogP contribution in [0.4, 0.5) is 0 Å². The molecule has 1 aromatic rings. The Balaban J connectivity index is 0. The minimum Gasteiger partial charge on any atom is -0.385 e. The van der Waals surface area contributed by atoms with Crippen molar-refractivity contribution in [2.75, 3.05) is 6.54 Å². The zero-order valence-electron chi connectivity index (χ0n) is 15.4. The van der Waals surface area contributed by atoms with Gasteiger partial charge in [0.05, 0.1) is 5.69 Å². The first-order valence-electron chi connectivity index (χ1n) is 8.45. The SMILES string of the molecule is CC(C)(CC1CCC(N)CC1)NC[C@H](O)c1cccc(C#N)n1.Cl.Cl.Cl. The van der Waals surface area contributed by atoms with Crippen molar-refractivity contribution in [3.8, 4) is 6.07 Å². The van der Waals surface area contributed by atoms with Gasteiger partial charge >= 0.3 is 0 Å². The van der Waals surface area contributed by atoms with Gasteiger partial charge in [-0.1, -0.05) is 6.07 Å². The number of hydrogen-bond acceptors (Lipinski definition) is 5. The molecule has 1 atom stereocenters. The summed E-state index contributed by atoms with van der Waals surface area (Å²) in [5, 5.41) is 22.6. The van der Waals surface area contributed by atoms with Crippen LogP contribution in [0, 0.1) is 17.2 Å². The number of nitriles is 1. The Hall–Kier alpha value is -0.610. The first kappa shape index (κ1) is 27.6. The van der Waals surface area contributed by atoms with E-state index in [0.29, 0.717) is 29.9 Å². The number of pyridine rings is 1. The minimum atomic E-state index is -0.706. The van der Waals surface area contributed by atoms with Gasteiger partial charge in [0.15, 0.2) is 0 Å². The fraction of sp³-hybridized carbons (Fsp3) is 0.667. The molecule has 2 rings (SSSR count). The summed E-state index contributed by atoms with van der Waals surface area (Å²) in [7, 11) is 0. The van der Waals surface area contributed by atoms with Crippen LogP contribution >= 0.6 is 37.2 Å². The standard InChI is InChI=1S/C18H28N4O.3ClH/c1-18(2,10-13-6-8-14(20)9-7-13)21-12-17(23)16-5-3-4-15(11-19)22-16;;;/h3-5,13-14,17,21,23H,6-10,12,20H2,1-2H3;3*1H/t13?,14?,17-;;;/m0.../s1. The van der Waals surface area contributed by atoms with Crippen molar-refractivity contribution in [3.05, 3.63) is 29.6 Å². The highest BCUT2D eigenvalue weighted by Gasteiger charge is 2.27. The maximum atomic E-state index is 10.3. The molecule has 4 N–H and O–H groups in total. The first-order valence-corrected chi connectivity index (χ1v) is 8.45. The van der Waals surface area contributed by atoms with Crippen LogP contribution < -0.4 is 11.1 Å². The Morgan fingerprint density at radius 2 is 1.88 bits per heavy atom. The number of nitrogens with two attached hydrogens (primary N) is 1. The molecule has 0 unspecified atom stereocenters. The van der Waals surface area contributed by atoms with Gasteiger partial charge in [-0.3, -0.25) is 0 Å².